The molecule has 0 aromatic heterocycles. The third-order valence-electron chi connectivity index (χ3n) is 3.53. The second kappa shape index (κ2) is 8.72. The van der Waals surface area contributed by atoms with E-state index in [4.69, 9.17) is 9.84 Å². The normalized spacial score (nSPS) is 10.2. The predicted molar refractivity (Wildman–Crippen MR) is 92.3 cm³/mol. The van der Waals surface area contributed by atoms with Crippen molar-refractivity contribution in [3.63, 3.8) is 0 Å². The Morgan fingerprint density at radius 3 is 2.54 bits per heavy atom. The van der Waals surface area contributed by atoms with Crippen molar-refractivity contribution < 1.29 is 19.4 Å². The van der Waals surface area contributed by atoms with Gasteiger partial charge in [-0.25, -0.2) is 0 Å². The van der Waals surface area contributed by atoms with E-state index in [2.05, 4.69) is 5.32 Å². The summed E-state index contributed by atoms with van der Waals surface area (Å²) in [5.74, 6) is -0.255. The lowest BCUT2D eigenvalue weighted by atomic mass is 10.1. The van der Waals surface area contributed by atoms with Gasteiger partial charge in [0, 0.05) is 12.1 Å². The van der Waals surface area contributed by atoms with E-state index >= 15 is 0 Å². The number of nitrogens with one attached hydrogen (secondary N) is 1. The van der Waals surface area contributed by atoms with Crippen molar-refractivity contribution in [2.75, 3.05) is 11.9 Å². The smallest absolute Gasteiger partial charge is 0.307 e. The number of aryl methyl sites for hydroxylation is 1. The Morgan fingerprint density at radius 1 is 1.08 bits per heavy atom. The summed E-state index contributed by atoms with van der Waals surface area (Å²) in [4.78, 5) is 22.9. The van der Waals surface area contributed by atoms with Crippen molar-refractivity contribution in [2.45, 2.75) is 26.2 Å². The first kappa shape index (κ1) is 17.5. The van der Waals surface area contributed by atoms with Gasteiger partial charge in [0.15, 0.2) is 0 Å². The van der Waals surface area contributed by atoms with Gasteiger partial charge in [-0.3, -0.25) is 9.59 Å². The average molecular weight is 327 g/mol. The Kier molecular flexibility index (Phi) is 6.37. The third-order valence-corrected chi connectivity index (χ3v) is 3.53. The largest absolute Gasteiger partial charge is 0.493 e. The SMILES string of the molecule is Cc1ccccc1OCCCC(=O)Nc1ccccc1CC(=O)O. The molecule has 2 N–H and O–H groups in total. The van der Waals surface area contributed by atoms with Crippen LogP contribution in [0.1, 0.15) is 24.0 Å². The molecule has 0 fully saturated rings. The van der Waals surface area contributed by atoms with Crippen molar-refractivity contribution in [1.82, 2.24) is 0 Å². The van der Waals surface area contributed by atoms with Crippen LogP contribution in [-0.4, -0.2) is 23.6 Å². The zero-order chi connectivity index (χ0) is 17.4. The number of para-hydroxylation sites is 2. The van der Waals surface area contributed by atoms with Crippen molar-refractivity contribution in [3.8, 4) is 5.75 Å². The molecule has 0 radical (unpaired) electrons. The van der Waals surface area contributed by atoms with E-state index in [0.717, 1.165) is 11.3 Å². The maximum absolute atomic E-state index is 12.0. The summed E-state index contributed by atoms with van der Waals surface area (Å²) in [5, 5.41) is 11.7. The lowest BCUT2D eigenvalue weighted by molar-refractivity contribution is -0.136. The maximum atomic E-state index is 12.0. The van der Waals surface area contributed by atoms with Gasteiger partial charge in [-0.05, 0) is 36.6 Å². The number of hydrogen-bond donors (Lipinski definition) is 2. The lowest BCUT2D eigenvalue weighted by Gasteiger charge is -2.11. The summed E-state index contributed by atoms with van der Waals surface area (Å²) >= 11 is 0. The first-order valence-corrected chi connectivity index (χ1v) is 7.84. The minimum absolute atomic E-state index is 0.118. The number of benzene rings is 2. The fourth-order valence-corrected chi connectivity index (χ4v) is 2.31. The lowest BCUT2D eigenvalue weighted by Crippen LogP contribution is -2.15. The van der Waals surface area contributed by atoms with Gasteiger partial charge in [0.2, 0.25) is 5.91 Å². The number of amides is 1. The van der Waals surface area contributed by atoms with E-state index in [1.807, 2.05) is 31.2 Å². The van der Waals surface area contributed by atoms with E-state index in [9.17, 15) is 9.59 Å². The molecule has 24 heavy (non-hydrogen) atoms. The molecule has 0 aliphatic carbocycles. The van der Waals surface area contributed by atoms with E-state index < -0.39 is 5.97 Å². The second-order valence-corrected chi connectivity index (χ2v) is 5.49. The number of carbonyl (C=O) groups is 2. The van der Waals surface area contributed by atoms with Gasteiger partial charge < -0.3 is 15.2 Å². The molecule has 2 rings (SSSR count). The summed E-state index contributed by atoms with van der Waals surface area (Å²) in [6.45, 7) is 2.43. The highest BCUT2D eigenvalue weighted by atomic mass is 16.5. The monoisotopic (exact) mass is 327 g/mol. The third kappa shape index (κ3) is 5.43. The van der Waals surface area contributed by atoms with Crippen LogP contribution in [0.25, 0.3) is 0 Å². The minimum atomic E-state index is -0.927. The molecule has 5 heteroatoms. The standard InChI is InChI=1S/C19H21NO4/c1-14-7-2-5-10-17(14)24-12-6-11-18(21)20-16-9-4-3-8-15(16)13-19(22)23/h2-5,7-10H,6,11-13H2,1H3,(H,20,21)(H,22,23). The fourth-order valence-electron chi connectivity index (χ4n) is 2.31. The van der Waals surface area contributed by atoms with Gasteiger partial charge in [-0.15, -0.1) is 0 Å². The van der Waals surface area contributed by atoms with Gasteiger partial charge in [0.25, 0.3) is 0 Å². The van der Waals surface area contributed by atoms with Crippen molar-refractivity contribution >= 4 is 17.6 Å². The quantitative estimate of drug-likeness (QED) is 0.729. The van der Waals surface area contributed by atoms with Crippen molar-refractivity contribution in [3.05, 3.63) is 59.7 Å². The van der Waals surface area contributed by atoms with E-state index in [1.165, 1.54) is 0 Å². The van der Waals surface area contributed by atoms with Crippen LogP contribution in [0.5, 0.6) is 5.75 Å². The molecule has 2 aromatic rings. The number of anilines is 1. The number of carbonyl (C=O) groups excluding carboxylic acids is 1. The van der Waals surface area contributed by atoms with Crippen LogP contribution in [0.3, 0.4) is 0 Å². The van der Waals surface area contributed by atoms with Crippen molar-refractivity contribution in [1.29, 1.82) is 0 Å². The van der Waals surface area contributed by atoms with Crippen LogP contribution in [0.15, 0.2) is 48.5 Å². The highest BCUT2D eigenvalue weighted by Gasteiger charge is 2.09. The van der Waals surface area contributed by atoms with Crippen molar-refractivity contribution in [2.24, 2.45) is 0 Å². The number of carboxylic acid groups (broad SMARTS) is 1. The molecular weight excluding hydrogens is 306 g/mol. The number of ether oxygens (including phenoxy) is 1. The molecule has 2 aromatic carbocycles. The van der Waals surface area contributed by atoms with Gasteiger partial charge in [-0.1, -0.05) is 36.4 Å². The molecule has 1 amide bonds. The highest BCUT2D eigenvalue weighted by molar-refractivity contribution is 5.92. The molecule has 0 bridgehead atoms. The molecule has 5 nitrogen and oxygen atoms in total. The summed E-state index contributed by atoms with van der Waals surface area (Å²) in [6, 6.07) is 14.7. The zero-order valence-electron chi connectivity index (χ0n) is 13.6. The van der Waals surface area contributed by atoms with E-state index in [1.54, 1.807) is 24.3 Å². The maximum Gasteiger partial charge on any atom is 0.307 e. The van der Waals surface area contributed by atoms with Crippen LogP contribution in [0.4, 0.5) is 5.69 Å². The molecule has 0 heterocycles. The van der Waals surface area contributed by atoms with Gasteiger partial charge in [-0.2, -0.15) is 0 Å². The number of hydrogen-bond acceptors (Lipinski definition) is 3. The topological polar surface area (TPSA) is 75.6 Å². The summed E-state index contributed by atoms with van der Waals surface area (Å²) in [5.41, 5.74) is 2.20. The average Bonchev–Trinajstić information content (AvgIpc) is 2.54. The number of rotatable bonds is 8. The van der Waals surface area contributed by atoms with Crippen LogP contribution >= 0.6 is 0 Å². The van der Waals surface area contributed by atoms with Crippen LogP contribution in [0, 0.1) is 6.92 Å². The van der Waals surface area contributed by atoms with Gasteiger partial charge in [0.05, 0.1) is 13.0 Å². The molecule has 0 atom stereocenters. The molecule has 0 unspecified atom stereocenters. The number of aliphatic carboxylic acids is 1. The summed E-state index contributed by atoms with van der Waals surface area (Å²) in [6.07, 6.45) is 0.779. The van der Waals surface area contributed by atoms with Crippen LogP contribution < -0.4 is 10.1 Å². The molecule has 0 aliphatic heterocycles. The molecular formula is C19H21NO4. The predicted octanol–water partition coefficient (Wildman–Crippen LogP) is 3.42. The Bertz CT molecular complexity index is 712. The first-order chi connectivity index (χ1) is 11.6. The minimum Gasteiger partial charge on any atom is -0.493 e. The summed E-state index contributed by atoms with van der Waals surface area (Å²) < 4.78 is 5.66. The Balaban J connectivity index is 1.80. The Labute approximate surface area is 141 Å². The Morgan fingerprint density at radius 2 is 1.79 bits per heavy atom. The van der Waals surface area contributed by atoms with Gasteiger partial charge in [0.1, 0.15) is 5.75 Å². The summed E-state index contributed by atoms with van der Waals surface area (Å²) in [7, 11) is 0. The molecule has 0 saturated heterocycles. The van der Waals surface area contributed by atoms with E-state index in [0.29, 0.717) is 30.7 Å². The highest BCUT2D eigenvalue weighted by Crippen LogP contribution is 2.18. The van der Waals surface area contributed by atoms with Gasteiger partial charge >= 0.3 is 5.97 Å². The van der Waals surface area contributed by atoms with E-state index in [-0.39, 0.29) is 12.3 Å². The number of carboxylic acids is 1. The van der Waals surface area contributed by atoms with Crippen LogP contribution in [0.2, 0.25) is 0 Å². The molecule has 0 aliphatic rings. The molecule has 126 valence electrons. The Hall–Kier alpha value is -2.82. The molecule has 0 saturated carbocycles. The fraction of sp³-hybridized carbons (Fsp3) is 0.263. The molecule has 0 spiro atoms. The zero-order valence-corrected chi connectivity index (χ0v) is 13.6. The first-order valence-electron chi connectivity index (χ1n) is 7.84. The van der Waals surface area contributed by atoms with Crippen LogP contribution in [-0.2, 0) is 16.0 Å². The second-order valence-electron chi connectivity index (χ2n) is 5.49.